The fourth-order valence-corrected chi connectivity index (χ4v) is 9.47. The quantitative estimate of drug-likeness (QED) is 0.254. The first kappa shape index (κ1) is 37.5. The van der Waals surface area contributed by atoms with Gasteiger partial charge in [0.1, 0.15) is 11.6 Å². The van der Waals surface area contributed by atoms with E-state index in [4.69, 9.17) is 14.7 Å². The van der Waals surface area contributed by atoms with Crippen molar-refractivity contribution >= 4 is 39.9 Å². The predicted molar refractivity (Wildman–Crippen MR) is 212 cm³/mol. The summed E-state index contributed by atoms with van der Waals surface area (Å²) in [6.45, 7) is 20.6. The molecule has 1 saturated carbocycles. The van der Waals surface area contributed by atoms with Gasteiger partial charge in [0.15, 0.2) is 11.6 Å². The Morgan fingerprint density at radius 2 is 1.89 bits per heavy atom. The van der Waals surface area contributed by atoms with Gasteiger partial charge in [-0.15, -0.1) is 0 Å². The molecule has 12 heteroatoms. The lowest BCUT2D eigenvalue weighted by molar-refractivity contribution is -0.149. The van der Waals surface area contributed by atoms with Gasteiger partial charge in [-0.05, 0) is 108 Å². The van der Waals surface area contributed by atoms with E-state index in [2.05, 4.69) is 55.6 Å². The molecule has 4 saturated heterocycles. The van der Waals surface area contributed by atoms with Crippen molar-refractivity contribution in [2.24, 2.45) is 10.8 Å². The van der Waals surface area contributed by atoms with Gasteiger partial charge in [0.05, 0.1) is 40.9 Å². The molecule has 4 aliphatic heterocycles. The molecule has 1 aliphatic carbocycles. The summed E-state index contributed by atoms with van der Waals surface area (Å²) in [7, 11) is 0. The van der Waals surface area contributed by atoms with Crippen LogP contribution in [0, 0.1) is 16.6 Å². The Morgan fingerprint density at radius 1 is 1.13 bits per heavy atom. The van der Waals surface area contributed by atoms with Crippen molar-refractivity contribution in [3.8, 4) is 0 Å². The topological polar surface area (TPSA) is 109 Å². The molecular weight excluding hydrogens is 696 g/mol. The molecule has 0 aromatic carbocycles. The average Bonchev–Trinajstić information content (AvgIpc) is 3.90. The second-order valence-corrected chi connectivity index (χ2v) is 17.6. The van der Waals surface area contributed by atoms with Crippen LogP contribution in [0.3, 0.4) is 0 Å². The fourth-order valence-electron chi connectivity index (χ4n) is 9.47. The van der Waals surface area contributed by atoms with E-state index in [9.17, 15) is 14.0 Å². The lowest BCUT2D eigenvalue weighted by atomic mass is 9.72. The molecule has 5 aliphatic rings. The standard InChI is InChI=1S/C43H55FN8O3/c1-26(2)51-25-46-36-22-35(48-39(38(36)51)47-34-12-16-45-23-33(34)44)27(3)8-10-32-29(5)52(31-20-30(21-31)50-17-13-42(6,7)24-50)41(54)43(32)14-18-49(19-15-43)40(53)37-11-9-28(4)55-37/h8,10,12,16,22-23,25-26,28,30-31,37H,5,9,11,13-15,17-21,24H2,1-4,6-7H3,(H,45,47,48)/b27-8+,32-10+/t28-,30-,31+,37-/m0/s1. The van der Waals surface area contributed by atoms with Crippen LogP contribution in [0.25, 0.3) is 16.6 Å². The summed E-state index contributed by atoms with van der Waals surface area (Å²) in [5.74, 6) is 0.164. The number of pyridine rings is 2. The zero-order chi connectivity index (χ0) is 38.8. The highest BCUT2D eigenvalue weighted by Gasteiger charge is 2.57. The largest absolute Gasteiger partial charge is 0.365 e. The van der Waals surface area contributed by atoms with Gasteiger partial charge >= 0.3 is 0 Å². The maximum atomic E-state index is 14.8. The molecule has 3 aromatic heterocycles. The van der Waals surface area contributed by atoms with Crippen molar-refractivity contribution in [2.45, 2.75) is 117 Å². The normalized spacial score (nSPS) is 27.6. The van der Waals surface area contributed by atoms with Crippen molar-refractivity contribution in [1.82, 2.24) is 34.2 Å². The molecule has 3 aromatic rings. The number of amides is 2. The van der Waals surface area contributed by atoms with Crippen molar-refractivity contribution in [3.63, 3.8) is 0 Å². The number of hydrogen-bond donors (Lipinski definition) is 1. The van der Waals surface area contributed by atoms with Crippen LogP contribution in [-0.2, 0) is 14.3 Å². The molecule has 0 radical (unpaired) electrons. The highest BCUT2D eigenvalue weighted by Crippen LogP contribution is 2.53. The van der Waals surface area contributed by atoms with Gasteiger partial charge in [-0.3, -0.25) is 19.5 Å². The molecule has 11 nitrogen and oxygen atoms in total. The van der Waals surface area contributed by atoms with Crippen LogP contribution in [0.2, 0.25) is 0 Å². The third kappa shape index (κ3) is 6.79. The predicted octanol–water partition coefficient (Wildman–Crippen LogP) is 7.41. The minimum absolute atomic E-state index is 0.0365. The van der Waals surface area contributed by atoms with Crippen LogP contribution < -0.4 is 5.32 Å². The van der Waals surface area contributed by atoms with Gasteiger partial charge in [0.25, 0.3) is 5.91 Å². The molecule has 1 N–H and O–H groups in total. The summed E-state index contributed by atoms with van der Waals surface area (Å²) in [6.07, 6.45) is 14.1. The first-order valence-electron chi connectivity index (χ1n) is 20.1. The number of piperidine rings is 1. The van der Waals surface area contributed by atoms with E-state index >= 15 is 0 Å². The number of imidazole rings is 1. The Morgan fingerprint density at radius 3 is 2.55 bits per heavy atom. The molecule has 8 rings (SSSR count). The minimum Gasteiger partial charge on any atom is -0.365 e. The number of anilines is 2. The van der Waals surface area contributed by atoms with E-state index in [0.717, 1.165) is 66.6 Å². The molecule has 1 spiro atoms. The third-order valence-electron chi connectivity index (χ3n) is 12.9. The van der Waals surface area contributed by atoms with Gasteiger partial charge < -0.3 is 24.4 Å². The van der Waals surface area contributed by atoms with Crippen LogP contribution in [0.15, 0.2) is 60.9 Å². The van der Waals surface area contributed by atoms with Gasteiger partial charge in [0.2, 0.25) is 5.91 Å². The number of hydrogen-bond acceptors (Lipinski definition) is 8. The summed E-state index contributed by atoms with van der Waals surface area (Å²) >= 11 is 0. The average molecular weight is 751 g/mol. The molecular formula is C43H55FN8O3. The van der Waals surface area contributed by atoms with E-state index in [1.165, 1.54) is 12.6 Å². The maximum Gasteiger partial charge on any atom is 0.251 e. The summed E-state index contributed by atoms with van der Waals surface area (Å²) in [5.41, 5.74) is 4.57. The number of carbonyl (C=O) groups is 2. The zero-order valence-electron chi connectivity index (χ0n) is 33.1. The van der Waals surface area contributed by atoms with E-state index < -0.39 is 17.3 Å². The molecule has 5 fully saturated rings. The Kier molecular flexibility index (Phi) is 9.72. The number of fused-ring (bicyclic) bond motifs is 1. The summed E-state index contributed by atoms with van der Waals surface area (Å²) in [6, 6.07) is 4.24. The van der Waals surface area contributed by atoms with Crippen molar-refractivity contribution in [3.05, 3.63) is 72.4 Å². The Bertz CT molecular complexity index is 2070. The number of halogens is 1. The van der Waals surface area contributed by atoms with Crippen molar-refractivity contribution < 1.29 is 18.7 Å². The van der Waals surface area contributed by atoms with Gasteiger partial charge in [-0.2, -0.15) is 0 Å². The van der Waals surface area contributed by atoms with Gasteiger partial charge in [0, 0.05) is 49.7 Å². The molecule has 2 atom stereocenters. The van der Waals surface area contributed by atoms with E-state index in [0.29, 0.717) is 48.9 Å². The number of ether oxygens (including phenoxy) is 1. The lowest BCUT2D eigenvalue weighted by Gasteiger charge is -2.46. The van der Waals surface area contributed by atoms with Crippen LogP contribution >= 0.6 is 0 Å². The van der Waals surface area contributed by atoms with E-state index in [1.54, 1.807) is 18.6 Å². The molecule has 0 bridgehead atoms. The molecule has 55 heavy (non-hydrogen) atoms. The van der Waals surface area contributed by atoms with Crippen molar-refractivity contribution in [2.75, 3.05) is 31.5 Å². The monoisotopic (exact) mass is 750 g/mol. The Hall–Kier alpha value is -4.42. The lowest BCUT2D eigenvalue weighted by Crippen LogP contribution is -2.55. The number of carbonyl (C=O) groups excluding carboxylic acids is 2. The number of rotatable bonds is 8. The highest BCUT2D eigenvalue weighted by atomic mass is 19.1. The molecule has 292 valence electrons. The first-order valence-corrected chi connectivity index (χ1v) is 20.1. The Balaban J connectivity index is 1.11. The fraction of sp³-hybridized carbons (Fsp3) is 0.558. The Labute approximate surface area is 323 Å². The SMILES string of the molecule is C=C1/C(=C\C=C(/C)c2cc3ncn(C(C)C)c3c(Nc3ccncc3F)n2)C2(CCN(C(=O)[C@@H]3CC[C@H](C)O3)CC2)C(=O)N1[C@H]1C[C@@H](N2CCC(C)(C)C2)C1. The number of aromatic nitrogens is 4. The number of nitrogens with zero attached hydrogens (tertiary/aromatic N) is 7. The van der Waals surface area contributed by atoms with Crippen LogP contribution in [0.5, 0.6) is 0 Å². The second-order valence-electron chi connectivity index (χ2n) is 17.6. The first-order chi connectivity index (χ1) is 26.2. The van der Waals surface area contributed by atoms with Crippen LogP contribution in [0.1, 0.15) is 98.2 Å². The van der Waals surface area contributed by atoms with Gasteiger partial charge in [-0.1, -0.05) is 32.6 Å². The van der Waals surface area contributed by atoms with Gasteiger partial charge in [-0.25, -0.2) is 14.4 Å². The van der Waals surface area contributed by atoms with Crippen LogP contribution in [0.4, 0.5) is 15.9 Å². The van der Waals surface area contributed by atoms with Crippen LogP contribution in [-0.4, -0.2) is 96.5 Å². The summed E-state index contributed by atoms with van der Waals surface area (Å²) in [4.78, 5) is 48.4. The zero-order valence-corrected chi connectivity index (χ0v) is 33.1. The maximum absolute atomic E-state index is 14.8. The molecule has 0 unspecified atom stereocenters. The number of nitrogens with one attached hydrogen (secondary N) is 1. The van der Waals surface area contributed by atoms with E-state index in [1.807, 2.05) is 40.4 Å². The number of likely N-dealkylation sites (tertiary alicyclic amines) is 3. The summed E-state index contributed by atoms with van der Waals surface area (Å²) in [5, 5.41) is 3.20. The summed E-state index contributed by atoms with van der Waals surface area (Å²) < 4.78 is 22.8. The second kappa shape index (κ2) is 14.3. The highest BCUT2D eigenvalue weighted by molar-refractivity contribution is 5.95. The molecule has 7 heterocycles. The van der Waals surface area contributed by atoms with E-state index in [-0.39, 0.29) is 35.7 Å². The minimum atomic E-state index is -0.770. The number of allylic oxidation sites excluding steroid dienone is 4. The molecule has 2 amide bonds. The third-order valence-corrected chi connectivity index (χ3v) is 12.9. The van der Waals surface area contributed by atoms with Crippen molar-refractivity contribution in [1.29, 1.82) is 0 Å². The smallest absolute Gasteiger partial charge is 0.251 e.